The van der Waals surface area contributed by atoms with Gasteiger partial charge in [0.05, 0.1) is 11.7 Å². The van der Waals surface area contributed by atoms with Crippen LogP contribution in [0.1, 0.15) is 29.8 Å². The van der Waals surface area contributed by atoms with E-state index in [1.165, 1.54) is 12.1 Å². The van der Waals surface area contributed by atoms with Crippen LogP contribution in [0.4, 0.5) is 13.6 Å². The van der Waals surface area contributed by atoms with E-state index in [2.05, 4.69) is 20.5 Å². The Kier molecular flexibility index (Phi) is 5.73. The number of carbonyl (C=O) groups is 1. The minimum Gasteiger partial charge on any atom is -0.435 e. The van der Waals surface area contributed by atoms with E-state index in [-0.39, 0.29) is 24.4 Å². The lowest BCUT2D eigenvalue weighted by Gasteiger charge is -2.14. The first-order valence-electron chi connectivity index (χ1n) is 7.43. The summed E-state index contributed by atoms with van der Waals surface area (Å²) in [4.78, 5) is 12.0. The highest BCUT2D eigenvalue weighted by Crippen LogP contribution is 2.16. The molecule has 2 N–H and O–H groups in total. The van der Waals surface area contributed by atoms with Crippen LogP contribution in [0.2, 0.25) is 0 Å². The maximum atomic E-state index is 12.1. The molecule has 2 aromatic rings. The fourth-order valence-corrected chi connectivity index (χ4v) is 2.34. The molecule has 0 aliphatic rings. The molecule has 24 heavy (non-hydrogen) atoms. The summed E-state index contributed by atoms with van der Waals surface area (Å²) in [6, 6.07) is 5.60. The Balaban J connectivity index is 1.83. The van der Waals surface area contributed by atoms with Crippen LogP contribution in [0.25, 0.3) is 0 Å². The van der Waals surface area contributed by atoms with Crippen molar-refractivity contribution in [3.63, 3.8) is 0 Å². The van der Waals surface area contributed by atoms with Crippen molar-refractivity contribution in [2.24, 2.45) is 7.05 Å². The molecule has 2 rings (SSSR count). The molecule has 6 nitrogen and oxygen atoms in total. The molecule has 0 saturated carbocycles. The molecule has 1 aromatic heterocycles. The van der Waals surface area contributed by atoms with E-state index in [9.17, 15) is 13.6 Å². The number of nitrogens with zero attached hydrogens (tertiary/aromatic N) is 2. The molecule has 130 valence electrons. The van der Waals surface area contributed by atoms with E-state index in [0.29, 0.717) is 0 Å². The predicted octanol–water partition coefficient (Wildman–Crippen LogP) is 2.89. The normalized spacial score (nSPS) is 12.1. The quantitative estimate of drug-likeness (QED) is 0.851. The van der Waals surface area contributed by atoms with Gasteiger partial charge in [-0.2, -0.15) is 13.9 Å². The van der Waals surface area contributed by atoms with Gasteiger partial charge in [-0.15, -0.1) is 0 Å². The SMILES string of the molecule is Cc1nn(C)cc1[C@H](C)NC(=O)NCc1ccc(OC(F)F)cc1. The summed E-state index contributed by atoms with van der Waals surface area (Å²) in [7, 11) is 1.82. The highest BCUT2D eigenvalue weighted by Gasteiger charge is 2.14. The number of ether oxygens (including phenoxy) is 1. The van der Waals surface area contributed by atoms with Crippen LogP contribution in [0.5, 0.6) is 5.75 Å². The van der Waals surface area contributed by atoms with Crippen molar-refractivity contribution in [3.05, 3.63) is 47.3 Å². The molecule has 0 fully saturated rings. The molecule has 1 heterocycles. The molecule has 0 bridgehead atoms. The smallest absolute Gasteiger partial charge is 0.387 e. The second kappa shape index (κ2) is 7.76. The summed E-state index contributed by atoms with van der Waals surface area (Å²) in [5, 5.41) is 9.79. The van der Waals surface area contributed by atoms with Gasteiger partial charge < -0.3 is 15.4 Å². The van der Waals surface area contributed by atoms with Crippen molar-refractivity contribution in [2.45, 2.75) is 33.0 Å². The zero-order chi connectivity index (χ0) is 17.7. The number of hydrogen-bond acceptors (Lipinski definition) is 3. The summed E-state index contributed by atoms with van der Waals surface area (Å²) < 4.78 is 30.1. The van der Waals surface area contributed by atoms with E-state index >= 15 is 0 Å². The Labute approximate surface area is 138 Å². The molecule has 1 aromatic carbocycles. The average molecular weight is 338 g/mol. The molecule has 0 radical (unpaired) electrons. The Morgan fingerprint density at radius 1 is 1.33 bits per heavy atom. The molecule has 0 spiro atoms. The molecule has 0 saturated heterocycles. The molecule has 0 aliphatic heterocycles. The van der Waals surface area contributed by atoms with E-state index in [0.717, 1.165) is 16.8 Å². The lowest BCUT2D eigenvalue weighted by molar-refractivity contribution is -0.0498. The number of nitrogens with one attached hydrogen (secondary N) is 2. The van der Waals surface area contributed by atoms with Crippen LogP contribution in [-0.4, -0.2) is 22.4 Å². The number of urea groups is 1. The number of aromatic nitrogens is 2. The summed E-state index contributed by atoms with van der Waals surface area (Å²) in [5.74, 6) is 0.0823. The fourth-order valence-electron chi connectivity index (χ4n) is 2.34. The third-order valence-corrected chi connectivity index (χ3v) is 3.47. The zero-order valence-electron chi connectivity index (χ0n) is 13.7. The number of aryl methyl sites for hydroxylation is 2. The van der Waals surface area contributed by atoms with Crippen LogP contribution in [-0.2, 0) is 13.6 Å². The van der Waals surface area contributed by atoms with Gasteiger partial charge in [-0.25, -0.2) is 4.79 Å². The molecule has 8 heteroatoms. The first-order valence-corrected chi connectivity index (χ1v) is 7.43. The van der Waals surface area contributed by atoms with Gasteiger partial charge >= 0.3 is 12.6 Å². The van der Waals surface area contributed by atoms with Crippen LogP contribution in [0, 0.1) is 6.92 Å². The maximum absolute atomic E-state index is 12.1. The van der Waals surface area contributed by atoms with Crippen molar-refractivity contribution in [3.8, 4) is 5.75 Å². The Morgan fingerprint density at radius 2 is 2.00 bits per heavy atom. The van der Waals surface area contributed by atoms with Gasteiger partial charge in [-0.05, 0) is 31.5 Å². The van der Waals surface area contributed by atoms with Gasteiger partial charge in [-0.3, -0.25) is 4.68 Å². The first-order chi connectivity index (χ1) is 11.3. The van der Waals surface area contributed by atoms with Crippen LogP contribution >= 0.6 is 0 Å². The summed E-state index contributed by atoms with van der Waals surface area (Å²) in [6.45, 7) is 1.19. The lowest BCUT2D eigenvalue weighted by Crippen LogP contribution is -2.36. The van der Waals surface area contributed by atoms with Crippen molar-refractivity contribution in [1.82, 2.24) is 20.4 Å². The molecule has 2 amide bonds. The monoisotopic (exact) mass is 338 g/mol. The molecule has 0 unspecified atom stereocenters. The third kappa shape index (κ3) is 4.94. The van der Waals surface area contributed by atoms with Crippen molar-refractivity contribution >= 4 is 6.03 Å². The average Bonchev–Trinajstić information content (AvgIpc) is 2.85. The van der Waals surface area contributed by atoms with Gasteiger partial charge in [0.15, 0.2) is 0 Å². The van der Waals surface area contributed by atoms with E-state index in [1.807, 2.05) is 27.1 Å². The lowest BCUT2D eigenvalue weighted by atomic mass is 10.1. The number of alkyl halides is 2. The predicted molar refractivity (Wildman–Crippen MR) is 84.8 cm³/mol. The minimum atomic E-state index is -2.85. The van der Waals surface area contributed by atoms with Gasteiger partial charge in [0.1, 0.15) is 5.75 Å². The Morgan fingerprint density at radius 3 is 2.54 bits per heavy atom. The van der Waals surface area contributed by atoms with Gasteiger partial charge in [0, 0.05) is 25.4 Å². The number of benzene rings is 1. The third-order valence-electron chi connectivity index (χ3n) is 3.47. The number of amides is 2. The second-order valence-corrected chi connectivity index (χ2v) is 5.41. The van der Waals surface area contributed by atoms with Gasteiger partial charge in [0.25, 0.3) is 0 Å². The number of halogens is 2. The van der Waals surface area contributed by atoms with Crippen molar-refractivity contribution < 1.29 is 18.3 Å². The highest BCUT2D eigenvalue weighted by atomic mass is 19.3. The van der Waals surface area contributed by atoms with E-state index in [4.69, 9.17) is 0 Å². The largest absolute Gasteiger partial charge is 0.435 e. The minimum absolute atomic E-state index is 0.0823. The second-order valence-electron chi connectivity index (χ2n) is 5.41. The number of carbonyl (C=O) groups excluding carboxylic acids is 1. The highest BCUT2D eigenvalue weighted by molar-refractivity contribution is 5.74. The molecular weight excluding hydrogens is 318 g/mol. The zero-order valence-corrected chi connectivity index (χ0v) is 13.7. The fraction of sp³-hybridized carbons (Fsp3) is 0.375. The number of rotatable bonds is 6. The summed E-state index contributed by atoms with van der Waals surface area (Å²) in [6.07, 6.45) is 1.86. The van der Waals surface area contributed by atoms with Crippen molar-refractivity contribution in [2.75, 3.05) is 0 Å². The standard InChI is InChI=1S/C16H20F2N4O2/c1-10(14-9-22(3)21-11(14)2)20-16(23)19-8-12-4-6-13(7-5-12)24-15(17)18/h4-7,9-10,15H,8H2,1-3H3,(H2,19,20,23)/t10-/m0/s1. The van der Waals surface area contributed by atoms with E-state index in [1.54, 1.807) is 16.8 Å². The maximum Gasteiger partial charge on any atom is 0.387 e. The van der Waals surface area contributed by atoms with Crippen LogP contribution in [0.3, 0.4) is 0 Å². The summed E-state index contributed by atoms with van der Waals surface area (Å²) in [5.41, 5.74) is 2.58. The molecule has 1 atom stereocenters. The first kappa shape index (κ1) is 17.7. The van der Waals surface area contributed by atoms with Gasteiger partial charge in [0.2, 0.25) is 0 Å². The summed E-state index contributed by atoms with van der Waals surface area (Å²) >= 11 is 0. The van der Waals surface area contributed by atoms with Gasteiger partial charge in [-0.1, -0.05) is 12.1 Å². The Bertz CT molecular complexity index is 686. The van der Waals surface area contributed by atoms with Crippen LogP contribution < -0.4 is 15.4 Å². The molecule has 0 aliphatic carbocycles. The van der Waals surface area contributed by atoms with Crippen LogP contribution in [0.15, 0.2) is 30.5 Å². The number of hydrogen-bond donors (Lipinski definition) is 2. The van der Waals surface area contributed by atoms with E-state index < -0.39 is 6.61 Å². The van der Waals surface area contributed by atoms with Crippen molar-refractivity contribution in [1.29, 1.82) is 0 Å². The Hall–Kier alpha value is -2.64. The topological polar surface area (TPSA) is 68.2 Å². The molecular formula is C16H20F2N4O2.